The number of likely N-dealkylation sites (N-methyl/N-ethyl adjacent to an activating group) is 1. The Bertz CT molecular complexity index is 1260. The van der Waals surface area contributed by atoms with E-state index in [0.717, 1.165) is 0 Å². The zero-order valence-corrected chi connectivity index (χ0v) is 18.5. The monoisotopic (exact) mass is 464 g/mol. The Kier molecular flexibility index (Phi) is 5.50. The van der Waals surface area contributed by atoms with Crippen LogP contribution in [-0.2, 0) is 15.1 Å². The minimum absolute atomic E-state index is 0.0989. The van der Waals surface area contributed by atoms with Gasteiger partial charge in [-0.2, -0.15) is 0 Å². The summed E-state index contributed by atoms with van der Waals surface area (Å²) in [6.45, 7) is 2.42. The highest BCUT2D eigenvalue weighted by molar-refractivity contribution is 5.96. The van der Waals surface area contributed by atoms with Crippen LogP contribution in [0.4, 0.5) is 5.69 Å². The largest absolute Gasteiger partial charge is 0.381 e. The third-order valence-corrected chi connectivity index (χ3v) is 6.15. The number of rotatable bonds is 7. The van der Waals surface area contributed by atoms with Crippen LogP contribution >= 0.6 is 0 Å². The predicted molar refractivity (Wildman–Crippen MR) is 120 cm³/mol. The number of hydrogen-bond donors (Lipinski definition) is 3. The molecule has 3 aromatic rings. The summed E-state index contributed by atoms with van der Waals surface area (Å²) < 4.78 is 10.5. The summed E-state index contributed by atoms with van der Waals surface area (Å²) in [5.74, 6) is -0.282. The van der Waals surface area contributed by atoms with Crippen LogP contribution in [0, 0.1) is 5.92 Å². The molecule has 2 aromatic heterocycles. The summed E-state index contributed by atoms with van der Waals surface area (Å²) in [7, 11) is 1.63. The van der Waals surface area contributed by atoms with Gasteiger partial charge >= 0.3 is 0 Å². The molecule has 34 heavy (non-hydrogen) atoms. The number of aromatic nitrogens is 3. The molecule has 2 aliphatic heterocycles. The van der Waals surface area contributed by atoms with Gasteiger partial charge in [0.1, 0.15) is 5.69 Å². The highest BCUT2D eigenvalue weighted by atomic mass is 16.5. The van der Waals surface area contributed by atoms with Gasteiger partial charge in [0.25, 0.3) is 11.8 Å². The van der Waals surface area contributed by atoms with Crippen molar-refractivity contribution in [3.8, 4) is 22.6 Å². The van der Waals surface area contributed by atoms with Gasteiger partial charge in [-0.25, -0.2) is 9.97 Å². The number of carbonyl (C=O) groups is 2. The molecule has 0 saturated carbocycles. The van der Waals surface area contributed by atoms with Gasteiger partial charge in [0.15, 0.2) is 17.3 Å². The first-order valence-corrected chi connectivity index (χ1v) is 10.9. The number of aliphatic hydroxyl groups is 1. The Balaban J connectivity index is 1.41. The van der Waals surface area contributed by atoms with Gasteiger partial charge in [-0.1, -0.05) is 23.4 Å². The molecule has 11 nitrogen and oxygen atoms in total. The van der Waals surface area contributed by atoms with E-state index in [4.69, 9.17) is 15.0 Å². The normalized spacial score (nSPS) is 20.4. The fourth-order valence-corrected chi connectivity index (χ4v) is 4.00. The van der Waals surface area contributed by atoms with Crippen LogP contribution in [0.15, 0.2) is 41.1 Å². The van der Waals surface area contributed by atoms with Crippen molar-refractivity contribution in [2.24, 2.45) is 11.7 Å². The predicted octanol–water partition coefficient (Wildman–Crippen LogP) is 1.01. The number of amides is 2. The van der Waals surface area contributed by atoms with Crippen LogP contribution in [0.3, 0.4) is 0 Å². The van der Waals surface area contributed by atoms with E-state index in [1.165, 1.54) is 4.90 Å². The molecule has 2 amide bonds. The molecule has 11 heteroatoms. The van der Waals surface area contributed by atoms with Crippen LogP contribution < -0.4 is 11.1 Å². The van der Waals surface area contributed by atoms with Gasteiger partial charge in [-0.15, -0.1) is 0 Å². The van der Waals surface area contributed by atoms with E-state index >= 15 is 0 Å². The average molecular weight is 464 g/mol. The fraction of sp³-hybridized carbons (Fsp3) is 0.348. The van der Waals surface area contributed by atoms with Gasteiger partial charge in [-0.3, -0.25) is 9.59 Å². The number of nitrogens with one attached hydrogen (secondary N) is 1. The van der Waals surface area contributed by atoms with Gasteiger partial charge in [-0.05, 0) is 6.07 Å². The van der Waals surface area contributed by atoms with Gasteiger partial charge in [0, 0.05) is 49.7 Å². The molecule has 1 atom stereocenters. The lowest BCUT2D eigenvalue weighted by atomic mass is 9.98. The number of likely N-dealkylation sites (tertiary alicyclic amines) is 1. The number of primary amides is 1. The molecular formula is C23H24N6O5. The summed E-state index contributed by atoms with van der Waals surface area (Å²) in [5, 5.41) is 18.0. The van der Waals surface area contributed by atoms with Gasteiger partial charge < -0.3 is 30.3 Å². The van der Waals surface area contributed by atoms with Crippen molar-refractivity contribution < 1.29 is 24.0 Å². The first-order chi connectivity index (χ1) is 16.3. The Hall–Kier alpha value is -3.83. The molecule has 2 fully saturated rings. The standard InChI is InChI=1S/C23H24N6O5/c1-29-6-5-23(32,22(29)31)18-8-16(28-34-18)14-3-2-4-15(7-14)21-26-10-17(19(27-21)20(24)30)25-9-13-11-33-12-13/h2-4,7-8,10,13,25,32H,5-6,9,11-12H2,1H3,(H2,24,30)/t23-/m1/s1. The van der Waals surface area contributed by atoms with E-state index in [1.807, 2.05) is 6.07 Å². The van der Waals surface area contributed by atoms with Crippen molar-refractivity contribution in [1.29, 1.82) is 0 Å². The SMILES string of the molecule is CN1CC[C@@](O)(c2cc(-c3cccc(-c4ncc(NCC5COC5)c(C(N)=O)n4)c3)no2)C1=O. The van der Waals surface area contributed by atoms with Crippen molar-refractivity contribution in [1.82, 2.24) is 20.0 Å². The van der Waals surface area contributed by atoms with Crippen LogP contribution in [-0.4, -0.2) is 70.3 Å². The molecule has 0 unspecified atom stereocenters. The van der Waals surface area contributed by atoms with E-state index in [9.17, 15) is 14.7 Å². The Labute approximate surface area is 194 Å². The minimum atomic E-state index is -1.72. The molecule has 2 saturated heterocycles. The highest BCUT2D eigenvalue weighted by Crippen LogP contribution is 2.35. The summed E-state index contributed by atoms with van der Waals surface area (Å²) in [5.41, 5.74) is 6.18. The van der Waals surface area contributed by atoms with Crippen LogP contribution in [0.25, 0.3) is 22.6 Å². The summed E-state index contributed by atoms with van der Waals surface area (Å²) in [6, 6.07) is 8.74. The van der Waals surface area contributed by atoms with Crippen molar-refractivity contribution in [2.45, 2.75) is 12.0 Å². The van der Waals surface area contributed by atoms with Crippen LogP contribution in [0.1, 0.15) is 22.7 Å². The zero-order chi connectivity index (χ0) is 23.9. The lowest BCUT2D eigenvalue weighted by molar-refractivity contribution is -0.144. The van der Waals surface area contributed by atoms with Gasteiger partial charge in [0.05, 0.1) is 25.1 Å². The van der Waals surface area contributed by atoms with E-state index in [0.29, 0.717) is 60.6 Å². The molecule has 0 aliphatic carbocycles. The average Bonchev–Trinajstić information content (AvgIpc) is 3.41. The Morgan fingerprint density at radius 2 is 2.12 bits per heavy atom. The van der Waals surface area contributed by atoms with Crippen molar-refractivity contribution in [2.75, 3.05) is 38.7 Å². The topological polar surface area (TPSA) is 157 Å². The quantitative estimate of drug-likeness (QED) is 0.464. The third kappa shape index (κ3) is 3.88. The fourth-order valence-electron chi connectivity index (χ4n) is 4.00. The smallest absolute Gasteiger partial charge is 0.269 e. The highest BCUT2D eigenvalue weighted by Gasteiger charge is 2.48. The van der Waals surface area contributed by atoms with E-state index in [1.54, 1.807) is 37.5 Å². The van der Waals surface area contributed by atoms with Crippen LogP contribution in [0.2, 0.25) is 0 Å². The third-order valence-electron chi connectivity index (χ3n) is 6.15. The first-order valence-electron chi connectivity index (χ1n) is 10.9. The van der Waals surface area contributed by atoms with Crippen LogP contribution in [0.5, 0.6) is 0 Å². The number of carbonyl (C=O) groups excluding carboxylic acids is 2. The molecule has 2 aliphatic rings. The lowest BCUT2D eigenvalue weighted by Crippen LogP contribution is -2.35. The molecule has 1 aromatic carbocycles. The first kappa shape index (κ1) is 22.0. The maximum absolute atomic E-state index is 12.4. The molecule has 4 heterocycles. The van der Waals surface area contributed by atoms with Crippen molar-refractivity contribution >= 4 is 17.5 Å². The number of anilines is 1. The second-order valence-corrected chi connectivity index (χ2v) is 8.60. The second-order valence-electron chi connectivity index (χ2n) is 8.60. The maximum Gasteiger partial charge on any atom is 0.269 e. The summed E-state index contributed by atoms with van der Waals surface area (Å²) in [6.07, 6.45) is 1.77. The van der Waals surface area contributed by atoms with E-state index in [2.05, 4.69) is 20.4 Å². The minimum Gasteiger partial charge on any atom is -0.381 e. The number of benzene rings is 1. The van der Waals surface area contributed by atoms with Gasteiger partial charge in [0.2, 0.25) is 5.60 Å². The number of ether oxygens (including phenoxy) is 1. The van der Waals surface area contributed by atoms with Crippen molar-refractivity contribution in [3.05, 3.63) is 48.0 Å². The summed E-state index contributed by atoms with van der Waals surface area (Å²) >= 11 is 0. The number of hydrogen-bond acceptors (Lipinski definition) is 9. The number of nitrogens with two attached hydrogens (primary N) is 1. The maximum atomic E-state index is 12.4. The summed E-state index contributed by atoms with van der Waals surface area (Å²) in [4.78, 5) is 34.6. The Morgan fingerprint density at radius 1 is 1.32 bits per heavy atom. The van der Waals surface area contributed by atoms with Crippen molar-refractivity contribution in [3.63, 3.8) is 0 Å². The van der Waals surface area contributed by atoms with E-state index in [-0.39, 0.29) is 17.9 Å². The Morgan fingerprint density at radius 3 is 2.79 bits per heavy atom. The molecule has 0 radical (unpaired) electrons. The molecule has 0 bridgehead atoms. The second kappa shape index (κ2) is 8.50. The lowest BCUT2D eigenvalue weighted by Gasteiger charge is -2.26. The molecular weight excluding hydrogens is 440 g/mol. The molecule has 176 valence electrons. The molecule has 5 rings (SSSR count). The molecule has 4 N–H and O–H groups in total. The zero-order valence-electron chi connectivity index (χ0n) is 18.5. The number of nitrogens with zero attached hydrogens (tertiary/aromatic N) is 4. The van der Waals surface area contributed by atoms with E-state index < -0.39 is 17.4 Å². The molecule has 0 spiro atoms.